The quantitative estimate of drug-likeness (QED) is 0.515. The second kappa shape index (κ2) is 8.39. The Morgan fingerprint density at radius 2 is 1.69 bits per heavy atom. The molecule has 10 heteroatoms. The van der Waals surface area contributed by atoms with E-state index in [4.69, 9.17) is 15.2 Å². The summed E-state index contributed by atoms with van der Waals surface area (Å²) in [6.07, 6.45) is 3.02. The highest BCUT2D eigenvalue weighted by atomic mass is 79.9. The van der Waals surface area contributed by atoms with Crippen LogP contribution in [0.3, 0.4) is 0 Å². The van der Waals surface area contributed by atoms with Crippen LogP contribution in [0.2, 0.25) is 0 Å². The van der Waals surface area contributed by atoms with Crippen LogP contribution in [0, 0.1) is 0 Å². The van der Waals surface area contributed by atoms with E-state index in [9.17, 15) is 5.11 Å². The molecule has 0 fully saturated rings. The monoisotopic (exact) mass is 481 g/mol. The van der Waals surface area contributed by atoms with Gasteiger partial charge in [-0.2, -0.15) is 0 Å². The SMILES string of the molecule is Nc1ncnc(OCC(O)Oc2ncc(Br)cn2)c1-c1ccc(Br)cc1. The number of halogens is 2. The molecule has 0 aliphatic rings. The largest absolute Gasteiger partial charge is 0.470 e. The third kappa shape index (κ3) is 4.65. The smallest absolute Gasteiger partial charge is 0.318 e. The van der Waals surface area contributed by atoms with Crippen molar-refractivity contribution < 1.29 is 14.6 Å². The van der Waals surface area contributed by atoms with Gasteiger partial charge in [0.05, 0.1) is 10.0 Å². The van der Waals surface area contributed by atoms with E-state index in [1.807, 2.05) is 24.3 Å². The number of aromatic nitrogens is 4. The zero-order chi connectivity index (χ0) is 18.5. The Labute approximate surface area is 165 Å². The van der Waals surface area contributed by atoms with Crippen molar-refractivity contribution in [3.05, 3.63) is 51.9 Å². The topological polar surface area (TPSA) is 116 Å². The van der Waals surface area contributed by atoms with Crippen molar-refractivity contribution in [2.24, 2.45) is 0 Å². The van der Waals surface area contributed by atoms with Crippen LogP contribution in [0.4, 0.5) is 5.82 Å². The van der Waals surface area contributed by atoms with Gasteiger partial charge in [-0.15, -0.1) is 0 Å². The highest BCUT2D eigenvalue weighted by molar-refractivity contribution is 9.10. The number of benzene rings is 1. The third-order valence-electron chi connectivity index (χ3n) is 3.18. The summed E-state index contributed by atoms with van der Waals surface area (Å²) in [6, 6.07) is 7.48. The molecule has 3 rings (SSSR count). The number of nitrogens with two attached hydrogens (primary N) is 1. The molecule has 2 heterocycles. The Balaban J connectivity index is 1.72. The number of ether oxygens (including phenoxy) is 2. The Hall–Kier alpha value is -2.30. The van der Waals surface area contributed by atoms with E-state index >= 15 is 0 Å². The molecule has 1 unspecified atom stereocenters. The summed E-state index contributed by atoms with van der Waals surface area (Å²) in [5.41, 5.74) is 7.29. The van der Waals surface area contributed by atoms with Crippen molar-refractivity contribution in [3.8, 4) is 23.0 Å². The van der Waals surface area contributed by atoms with Gasteiger partial charge in [0.2, 0.25) is 12.2 Å². The van der Waals surface area contributed by atoms with E-state index in [1.165, 1.54) is 18.7 Å². The molecule has 1 atom stereocenters. The van der Waals surface area contributed by atoms with Crippen molar-refractivity contribution in [1.29, 1.82) is 0 Å². The zero-order valence-corrected chi connectivity index (χ0v) is 16.4. The summed E-state index contributed by atoms with van der Waals surface area (Å²) in [6.45, 7) is -0.195. The molecule has 0 bridgehead atoms. The minimum Gasteiger partial charge on any atom is -0.470 e. The van der Waals surface area contributed by atoms with Crippen LogP contribution in [-0.4, -0.2) is 37.9 Å². The van der Waals surface area contributed by atoms with Crippen molar-refractivity contribution in [3.63, 3.8) is 0 Å². The van der Waals surface area contributed by atoms with Gasteiger partial charge in [0.15, 0.2) is 6.61 Å². The molecular weight excluding hydrogens is 470 g/mol. The van der Waals surface area contributed by atoms with Crippen LogP contribution >= 0.6 is 31.9 Å². The summed E-state index contributed by atoms with van der Waals surface area (Å²) in [4.78, 5) is 15.9. The molecule has 0 spiro atoms. The highest BCUT2D eigenvalue weighted by Gasteiger charge is 2.16. The van der Waals surface area contributed by atoms with Gasteiger partial charge >= 0.3 is 6.01 Å². The normalized spacial score (nSPS) is 11.8. The molecule has 0 radical (unpaired) electrons. The van der Waals surface area contributed by atoms with Crippen LogP contribution < -0.4 is 15.2 Å². The second-order valence-electron chi connectivity index (χ2n) is 5.01. The molecule has 0 amide bonds. The highest BCUT2D eigenvalue weighted by Crippen LogP contribution is 2.32. The maximum Gasteiger partial charge on any atom is 0.318 e. The fourth-order valence-electron chi connectivity index (χ4n) is 2.05. The Kier molecular flexibility index (Phi) is 5.96. The average Bonchev–Trinajstić information content (AvgIpc) is 2.63. The Morgan fingerprint density at radius 3 is 2.38 bits per heavy atom. The number of aliphatic hydroxyl groups excluding tert-OH is 1. The van der Waals surface area contributed by atoms with Crippen LogP contribution in [-0.2, 0) is 0 Å². The van der Waals surface area contributed by atoms with Crippen molar-refractivity contribution in [1.82, 2.24) is 19.9 Å². The molecule has 1 aromatic carbocycles. The molecule has 26 heavy (non-hydrogen) atoms. The fraction of sp³-hybridized carbons (Fsp3) is 0.125. The van der Waals surface area contributed by atoms with E-state index in [-0.39, 0.29) is 24.3 Å². The van der Waals surface area contributed by atoms with E-state index in [0.29, 0.717) is 10.0 Å². The fourth-order valence-corrected chi connectivity index (χ4v) is 2.52. The predicted molar refractivity (Wildman–Crippen MR) is 101 cm³/mol. The van der Waals surface area contributed by atoms with Gasteiger partial charge < -0.3 is 20.3 Å². The minimum absolute atomic E-state index is 0.0274. The first-order valence-electron chi connectivity index (χ1n) is 7.34. The van der Waals surface area contributed by atoms with Gasteiger partial charge in [0.25, 0.3) is 0 Å². The number of nitrogens with zero attached hydrogens (tertiary/aromatic N) is 4. The lowest BCUT2D eigenvalue weighted by Crippen LogP contribution is -2.25. The first-order valence-corrected chi connectivity index (χ1v) is 8.93. The van der Waals surface area contributed by atoms with Crippen LogP contribution in [0.25, 0.3) is 11.1 Å². The van der Waals surface area contributed by atoms with Crippen molar-refractivity contribution in [2.45, 2.75) is 6.29 Å². The summed E-state index contributed by atoms with van der Waals surface area (Å²) < 4.78 is 12.4. The first-order chi connectivity index (χ1) is 12.5. The summed E-state index contributed by atoms with van der Waals surface area (Å²) in [5, 5.41) is 9.98. The molecule has 0 saturated carbocycles. The van der Waals surface area contributed by atoms with Gasteiger partial charge in [-0.3, -0.25) is 0 Å². The van der Waals surface area contributed by atoms with Gasteiger partial charge in [-0.05, 0) is 33.6 Å². The second-order valence-corrected chi connectivity index (χ2v) is 6.84. The molecule has 8 nitrogen and oxygen atoms in total. The lowest BCUT2D eigenvalue weighted by molar-refractivity contribution is -0.0541. The predicted octanol–water partition coefficient (Wildman–Crippen LogP) is 2.82. The van der Waals surface area contributed by atoms with Crippen molar-refractivity contribution >= 4 is 37.7 Å². The number of aliphatic hydroxyl groups is 1. The van der Waals surface area contributed by atoms with E-state index in [2.05, 4.69) is 51.8 Å². The van der Waals surface area contributed by atoms with E-state index in [0.717, 1.165) is 10.0 Å². The molecule has 3 aromatic rings. The van der Waals surface area contributed by atoms with Crippen molar-refractivity contribution in [2.75, 3.05) is 12.3 Å². The number of hydrogen-bond acceptors (Lipinski definition) is 8. The number of hydrogen-bond donors (Lipinski definition) is 2. The summed E-state index contributed by atoms with van der Waals surface area (Å²) in [7, 11) is 0. The van der Waals surface area contributed by atoms with Gasteiger partial charge in [-0.1, -0.05) is 28.1 Å². The molecule has 0 aliphatic carbocycles. The summed E-state index contributed by atoms with van der Waals surface area (Å²) in [5.74, 6) is 0.503. The molecule has 0 saturated heterocycles. The van der Waals surface area contributed by atoms with E-state index < -0.39 is 6.29 Å². The number of anilines is 1. The van der Waals surface area contributed by atoms with Crippen LogP contribution in [0.5, 0.6) is 11.9 Å². The van der Waals surface area contributed by atoms with Gasteiger partial charge in [0.1, 0.15) is 12.1 Å². The Morgan fingerprint density at radius 1 is 1.00 bits per heavy atom. The van der Waals surface area contributed by atoms with Gasteiger partial charge in [0, 0.05) is 16.9 Å². The maximum absolute atomic E-state index is 9.98. The lowest BCUT2D eigenvalue weighted by Gasteiger charge is -2.15. The summed E-state index contributed by atoms with van der Waals surface area (Å²) >= 11 is 6.60. The van der Waals surface area contributed by atoms with E-state index in [1.54, 1.807) is 0 Å². The molecule has 3 N–H and O–H groups in total. The van der Waals surface area contributed by atoms with Gasteiger partial charge in [-0.25, -0.2) is 19.9 Å². The first kappa shape index (κ1) is 18.5. The lowest BCUT2D eigenvalue weighted by atomic mass is 10.1. The number of nitrogen functional groups attached to an aromatic ring is 1. The van der Waals surface area contributed by atoms with Crippen LogP contribution in [0.1, 0.15) is 0 Å². The average molecular weight is 483 g/mol. The third-order valence-corrected chi connectivity index (χ3v) is 4.11. The molecular formula is C16H13Br2N5O3. The molecule has 2 aromatic heterocycles. The molecule has 134 valence electrons. The number of rotatable bonds is 6. The minimum atomic E-state index is -1.29. The standard InChI is InChI=1S/C16H13Br2N5O3/c17-10-3-1-9(2-4-10)13-14(19)22-8-23-15(13)25-7-12(24)26-16-20-5-11(18)6-21-16/h1-6,8,12,24H,7H2,(H2,19,22,23). The Bertz CT molecular complexity index is 878. The molecule has 0 aliphatic heterocycles. The van der Waals surface area contributed by atoms with Crippen LogP contribution in [0.15, 0.2) is 51.9 Å². The maximum atomic E-state index is 9.98. The zero-order valence-electron chi connectivity index (χ0n) is 13.2.